The molecule has 0 fully saturated rings. The first-order valence-electron chi connectivity index (χ1n) is 32.9. The van der Waals surface area contributed by atoms with Gasteiger partial charge in [-0.3, -0.25) is 0 Å². The zero-order valence-electron chi connectivity index (χ0n) is 66.6. The lowest BCUT2D eigenvalue weighted by Crippen LogP contribution is -2.57. The van der Waals surface area contributed by atoms with Crippen LogP contribution in [-0.4, -0.2) is 268 Å². The summed E-state index contributed by atoms with van der Waals surface area (Å²) in [4.78, 5) is 89.8. The maximum Gasteiger partial charge on any atom is 0.669 e. The Labute approximate surface area is 622 Å². The number of carbonyl (C=O) groups is 1. The van der Waals surface area contributed by atoms with Gasteiger partial charge in [-0.15, -0.1) is 13.2 Å². The fourth-order valence-corrected chi connectivity index (χ4v) is 30.2. The number of aromatic nitrogens is 6. The van der Waals surface area contributed by atoms with Crippen LogP contribution < -0.4 is 34.1 Å². The van der Waals surface area contributed by atoms with E-state index in [9.17, 15) is 33.6 Å². The van der Waals surface area contributed by atoms with E-state index in [0.29, 0.717) is 87.0 Å². The molecule has 37 nitrogen and oxygen atoms in total. The van der Waals surface area contributed by atoms with E-state index in [2.05, 4.69) is 32.8 Å². The lowest BCUT2D eigenvalue weighted by molar-refractivity contribution is -0.139. The Morgan fingerprint density at radius 3 is 0.731 bits per heavy atom. The molecule has 0 aliphatic rings. The van der Waals surface area contributed by atoms with E-state index in [4.69, 9.17) is 106 Å². The molecule has 2 rings (SSSR count). The normalized spacial score (nSPS) is 12.6. The quantitative estimate of drug-likeness (QED) is 0.0301. The Kier molecular flexibility index (Phi) is 50.4. The molecule has 46 heteroatoms. The lowest BCUT2D eigenvalue weighted by atomic mass is 10.4. The number of rotatable bonds is 53. The highest BCUT2D eigenvalue weighted by molar-refractivity contribution is 6.87. The Morgan fingerprint density at radius 1 is 0.337 bits per heavy atom. The fourth-order valence-electron chi connectivity index (χ4n) is 10.2. The van der Waals surface area contributed by atoms with Gasteiger partial charge in [0, 0.05) is 224 Å². The van der Waals surface area contributed by atoms with Gasteiger partial charge in [0.1, 0.15) is 0 Å². The van der Waals surface area contributed by atoms with Gasteiger partial charge in [0.25, 0.3) is 0 Å². The van der Waals surface area contributed by atoms with Crippen LogP contribution in [-0.2, 0) is 150 Å². The van der Waals surface area contributed by atoms with Crippen molar-refractivity contribution in [2.75, 3.05) is 156 Å². The second-order valence-electron chi connectivity index (χ2n) is 23.2. The average molecular weight is 1650 g/mol. The van der Waals surface area contributed by atoms with Gasteiger partial charge in [-0.25, -0.2) is 61.0 Å². The molecule has 2 heterocycles. The van der Waals surface area contributed by atoms with Crippen LogP contribution in [0.5, 0.6) is 0 Å². The van der Waals surface area contributed by atoms with Gasteiger partial charge in [-0.05, 0) is 71.6 Å². The monoisotopic (exact) mass is 1650 g/mol. The molecule has 0 aliphatic heterocycles. The van der Waals surface area contributed by atoms with Crippen LogP contribution >= 0.6 is 0 Å². The van der Waals surface area contributed by atoms with Crippen LogP contribution in [0, 0.1) is 0 Å². The van der Waals surface area contributed by atoms with Gasteiger partial charge in [0.15, 0.2) is 8.32 Å². The highest BCUT2D eigenvalue weighted by Crippen LogP contribution is 2.24. The van der Waals surface area contributed by atoms with Crippen molar-refractivity contribution in [1.29, 1.82) is 0 Å². The molecule has 0 aromatic carbocycles. The lowest BCUT2D eigenvalue weighted by Gasteiger charge is -2.36. The van der Waals surface area contributed by atoms with Gasteiger partial charge in [-0.2, -0.15) is 0 Å². The topological polar surface area (TPSA) is 371 Å². The molecule has 0 unspecified atom stereocenters. The van der Waals surface area contributed by atoms with E-state index >= 15 is 0 Å². The summed E-state index contributed by atoms with van der Waals surface area (Å²) in [6.45, 7) is 21.1. The predicted octanol–water partition coefficient (Wildman–Crippen LogP) is 3.27. The number of carbonyl (C=O) groups excluding carboxylic acids is 1. The second kappa shape index (κ2) is 51.1. The SMILES string of the molecule is C=C(C)C(=O)OCCC[Si](OC)(OC)OC.C=CCn1c(=O)n(CCC[Si](OC)(OC)OC)c(=O)n(CCC[Si](OC)(OC)OC)c1=O.C=C[Si](C)(C)O[Si](C)(C)O[Si](OC)(OC)OC.CO[Si](CCCn1c(=O)n(CCC[Si](OC)(OC)OC)c(=O)n(CCC[Si](OC)(OC)OC)c1=O)(OC)OC. The van der Waals surface area contributed by atoms with Crippen LogP contribution in [0.4, 0.5) is 0 Å². The molecular formula is C58H124N6O31Si9. The fraction of sp³-hybridized carbons (Fsp3) is 0.776. The van der Waals surface area contributed by atoms with E-state index < -0.39 is 113 Å². The van der Waals surface area contributed by atoms with Crippen molar-refractivity contribution in [2.24, 2.45) is 0 Å². The number of nitrogens with zero attached hydrogens (tertiary/aromatic N) is 6. The first kappa shape index (κ1) is 103. The summed E-state index contributed by atoms with van der Waals surface area (Å²) >= 11 is 0. The summed E-state index contributed by atoms with van der Waals surface area (Å²) in [7, 11) is 7.25. The molecule has 2 aromatic heterocycles. The van der Waals surface area contributed by atoms with E-state index in [1.807, 2.05) is 18.8 Å². The van der Waals surface area contributed by atoms with E-state index in [1.165, 1.54) is 134 Å². The molecule has 0 spiro atoms. The van der Waals surface area contributed by atoms with Crippen LogP contribution in [0.1, 0.15) is 45.4 Å². The first-order chi connectivity index (χ1) is 49.0. The standard InChI is InChI=1S/C21H45N3O12Si3.C18H35N3O9Si2.C10H20O5Si.C9H24O5Si3/c1-28-37(29-2,30-3)16-10-13-22-19(25)23(14-11-17-38(31-4,32-5)33-6)21(27)24(20(22)26)15-12-18-39(34-7,35-8)36-9;1-8-11-19-16(22)20(12-9-14-31(25-2,26-3)27-4)18(24)21(17(19)23)13-10-15-32(28-5,29-6)30-7;1-9(2)10(11)15-7-6-8-16(12-3,13-4)14-5;1-9-15(5,6)13-16(7,8)14-17(10-2,11-3)12-4/h10-18H2,1-9H3;8H,1,9-15H2,2-7H3;1,6-8H2,2-5H3;9H,1H2,2-8H3. The molecule has 0 saturated carbocycles. The highest BCUT2D eigenvalue weighted by atomic mass is 28.5. The van der Waals surface area contributed by atoms with Crippen molar-refractivity contribution in [3.8, 4) is 0 Å². The Bertz CT molecular complexity index is 2900. The maximum absolute atomic E-state index is 13.4. The molecule has 0 atom stereocenters. The van der Waals surface area contributed by atoms with E-state index in [1.54, 1.807) is 28.3 Å². The number of ether oxygens (including phenoxy) is 1. The van der Waals surface area contributed by atoms with Crippen LogP contribution in [0.2, 0.25) is 62.5 Å². The van der Waals surface area contributed by atoms with Crippen molar-refractivity contribution >= 4 is 84.7 Å². The minimum atomic E-state index is -3.04. The van der Waals surface area contributed by atoms with Gasteiger partial charge < -0.3 is 106 Å². The van der Waals surface area contributed by atoms with Gasteiger partial charge in [0.05, 0.1) is 13.2 Å². The zero-order valence-corrected chi connectivity index (χ0v) is 75.6. The van der Waals surface area contributed by atoms with Crippen molar-refractivity contribution in [3.05, 3.63) is 100.0 Å². The van der Waals surface area contributed by atoms with Crippen LogP contribution in [0.3, 0.4) is 0 Å². The summed E-state index contributed by atoms with van der Waals surface area (Å²) < 4.78 is 136. The molecule has 0 aliphatic carbocycles. The first-order valence-corrected chi connectivity index (χ1v) is 51.9. The summed E-state index contributed by atoms with van der Waals surface area (Å²) in [5.41, 5.74) is -1.89. The molecule has 0 radical (unpaired) electrons. The van der Waals surface area contributed by atoms with E-state index in [0.717, 1.165) is 27.4 Å². The second-order valence-corrected chi connectivity index (χ2v) is 52.0. The third-order valence-electron chi connectivity index (χ3n) is 16.3. The van der Waals surface area contributed by atoms with Gasteiger partial charge >= 0.3 is 111 Å². The zero-order chi connectivity index (χ0) is 80.4. The third-order valence-corrected chi connectivity index (χ3v) is 42.8. The van der Waals surface area contributed by atoms with Crippen molar-refractivity contribution in [3.63, 3.8) is 0 Å². The Hall–Kier alpha value is -3.46. The number of esters is 1. The van der Waals surface area contributed by atoms with Crippen molar-refractivity contribution in [1.82, 2.24) is 27.4 Å². The molecule has 0 bridgehead atoms. The van der Waals surface area contributed by atoms with Crippen molar-refractivity contribution in [2.45, 2.75) is 147 Å². The molecule has 2 aromatic rings. The van der Waals surface area contributed by atoms with Crippen LogP contribution in [0.15, 0.2) is 65.9 Å². The predicted molar refractivity (Wildman–Crippen MR) is 406 cm³/mol. The van der Waals surface area contributed by atoms with E-state index in [-0.39, 0.29) is 45.2 Å². The summed E-state index contributed by atoms with van der Waals surface area (Å²) in [5.74, 6) is -0.375. The molecular weight excluding hydrogens is 1530 g/mol. The maximum atomic E-state index is 13.4. The molecule has 0 amide bonds. The summed E-state index contributed by atoms with van der Waals surface area (Å²) in [6, 6.07) is 2.51. The summed E-state index contributed by atoms with van der Waals surface area (Å²) in [5, 5.41) is 0. The van der Waals surface area contributed by atoms with Gasteiger partial charge in [-0.1, -0.05) is 18.4 Å². The van der Waals surface area contributed by atoms with Gasteiger partial charge in [0.2, 0.25) is 0 Å². The third kappa shape index (κ3) is 31.5. The Balaban J connectivity index is 0. The number of hydrogen-bond acceptors (Lipinski definition) is 31. The van der Waals surface area contributed by atoms with Crippen LogP contribution in [0.25, 0.3) is 0 Å². The minimum Gasteiger partial charge on any atom is -0.462 e. The molecule has 0 saturated heterocycles. The highest BCUT2D eigenvalue weighted by Gasteiger charge is 2.50. The molecule has 0 N–H and O–H groups in total. The Morgan fingerprint density at radius 2 is 0.548 bits per heavy atom. The van der Waals surface area contributed by atoms with Crippen molar-refractivity contribution < 1.29 is 111 Å². The number of allylic oxidation sites excluding steroid dienone is 1. The number of hydrogen-bond donors (Lipinski definition) is 0. The minimum absolute atomic E-state index is 0.0161. The average Bonchev–Trinajstić information content (AvgIpc) is 0.789. The largest absolute Gasteiger partial charge is 0.669 e. The molecule has 608 valence electrons. The molecule has 104 heavy (non-hydrogen) atoms. The summed E-state index contributed by atoms with van der Waals surface area (Å²) in [6.07, 6.45) is 3.91. The smallest absolute Gasteiger partial charge is 0.462 e.